The monoisotopic (exact) mass is 280 g/mol. The Morgan fingerprint density at radius 2 is 2.16 bits per heavy atom. The number of likely N-dealkylation sites (tertiary alicyclic amines) is 1. The first kappa shape index (κ1) is 15.8. The Balaban J connectivity index is 2.49. The van der Waals surface area contributed by atoms with Crippen LogP contribution in [0.4, 0.5) is 8.78 Å². The van der Waals surface area contributed by atoms with Crippen molar-refractivity contribution >= 4 is 11.9 Å². The van der Waals surface area contributed by atoms with Gasteiger partial charge in [-0.1, -0.05) is 0 Å². The van der Waals surface area contributed by atoms with Crippen LogP contribution in [0.25, 0.3) is 0 Å². The summed E-state index contributed by atoms with van der Waals surface area (Å²) in [6.07, 6.45) is -1.15. The highest BCUT2D eigenvalue weighted by Gasteiger charge is 2.46. The first-order valence-corrected chi connectivity index (χ1v) is 5.88. The van der Waals surface area contributed by atoms with Gasteiger partial charge in [0.15, 0.2) is 6.61 Å². The molecule has 0 spiro atoms. The fourth-order valence-corrected chi connectivity index (χ4v) is 1.78. The normalized spacial score (nSPS) is 23.8. The highest BCUT2D eigenvalue weighted by Crippen LogP contribution is 2.29. The molecule has 1 fully saturated rings. The maximum Gasteiger partial charge on any atom is 0.323 e. The summed E-state index contributed by atoms with van der Waals surface area (Å²) in [6, 6.07) is -0.853. The fourth-order valence-electron chi connectivity index (χ4n) is 1.78. The summed E-state index contributed by atoms with van der Waals surface area (Å²) >= 11 is 0. The van der Waals surface area contributed by atoms with Crippen LogP contribution in [0.5, 0.6) is 0 Å². The average Bonchev–Trinajstić information content (AvgIpc) is 2.33. The Labute approximate surface area is 109 Å². The SMILES string of the molecule is CO[C@H]1CCN(C(=O)COC(=O)[C@@H](C)N)CC1(F)F. The summed E-state index contributed by atoms with van der Waals surface area (Å²) in [4.78, 5) is 23.7. The standard InChI is InChI=1S/C11H18F2N2O4/c1-7(14)10(17)19-5-9(16)15-4-3-8(18-2)11(12,13)6-15/h7-8H,3-6,14H2,1-2H3/t7-,8+/m1/s1. The van der Waals surface area contributed by atoms with Gasteiger partial charge < -0.3 is 20.1 Å². The van der Waals surface area contributed by atoms with Crippen molar-refractivity contribution in [1.82, 2.24) is 4.90 Å². The minimum absolute atomic E-state index is 0.0382. The number of carbonyl (C=O) groups is 2. The molecule has 0 aromatic heterocycles. The third-order valence-corrected chi connectivity index (χ3v) is 2.88. The number of piperidine rings is 1. The second kappa shape index (κ2) is 6.25. The third-order valence-electron chi connectivity index (χ3n) is 2.88. The molecule has 8 heteroatoms. The minimum atomic E-state index is -3.10. The Morgan fingerprint density at radius 3 is 2.63 bits per heavy atom. The summed E-state index contributed by atoms with van der Waals surface area (Å²) in [7, 11) is 1.21. The third kappa shape index (κ3) is 4.10. The molecule has 1 heterocycles. The molecule has 1 amide bonds. The molecule has 110 valence electrons. The molecule has 0 aromatic rings. The van der Waals surface area contributed by atoms with Gasteiger partial charge in [0, 0.05) is 13.7 Å². The van der Waals surface area contributed by atoms with Crippen molar-refractivity contribution < 1.29 is 27.8 Å². The van der Waals surface area contributed by atoms with E-state index in [4.69, 9.17) is 5.73 Å². The van der Waals surface area contributed by atoms with Crippen LogP contribution in [0.2, 0.25) is 0 Å². The van der Waals surface area contributed by atoms with Gasteiger partial charge in [0.25, 0.3) is 11.8 Å². The van der Waals surface area contributed by atoms with Gasteiger partial charge in [0.1, 0.15) is 12.1 Å². The summed E-state index contributed by atoms with van der Waals surface area (Å²) in [5.74, 6) is -4.51. The van der Waals surface area contributed by atoms with Crippen LogP contribution < -0.4 is 5.73 Å². The molecule has 0 bridgehead atoms. The van der Waals surface area contributed by atoms with Crippen LogP contribution in [0.15, 0.2) is 0 Å². The Kier molecular flexibility index (Phi) is 5.19. The van der Waals surface area contributed by atoms with Gasteiger partial charge in [-0.05, 0) is 13.3 Å². The summed E-state index contributed by atoms with van der Waals surface area (Å²) in [6.45, 7) is 0.238. The zero-order valence-corrected chi connectivity index (χ0v) is 10.9. The van der Waals surface area contributed by atoms with E-state index in [-0.39, 0.29) is 13.0 Å². The largest absolute Gasteiger partial charge is 0.454 e. The van der Waals surface area contributed by atoms with Gasteiger partial charge in [-0.2, -0.15) is 0 Å². The van der Waals surface area contributed by atoms with Crippen molar-refractivity contribution in [2.24, 2.45) is 5.73 Å². The van der Waals surface area contributed by atoms with Crippen LogP contribution >= 0.6 is 0 Å². The van der Waals surface area contributed by atoms with E-state index in [0.717, 1.165) is 4.90 Å². The Hall–Kier alpha value is -1.28. The number of nitrogens with zero attached hydrogens (tertiary/aromatic N) is 1. The van der Waals surface area contributed by atoms with Crippen molar-refractivity contribution in [2.75, 3.05) is 26.8 Å². The molecular formula is C11H18F2N2O4. The van der Waals surface area contributed by atoms with Crippen molar-refractivity contribution in [3.63, 3.8) is 0 Å². The molecule has 2 atom stereocenters. The van der Waals surface area contributed by atoms with E-state index in [2.05, 4.69) is 9.47 Å². The molecule has 0 radical (unpaired) electrons. The molecule has 2 N–H and O–H groups in total. The Bertz CT molecular complexity index is 350. The van der Waals surface area contributed by atoms with Crippen molar-refractivity contribution in [1.29, 1.82) is 0 Å². The average molecular weight is 280 g/mol. The maximum atomic E-state index is 13.6. The molecule has 1 rings (SSSR count). The summed E-state index contributed by atoms with van der Waals surface area (Å²) in [5.41, 5.74) is 5.24. The molecule has 0 aliphatic carbocycles. The number of alkyl halides is 2. The predicted molar refractivity (Wildman–Crippen MR) is 61.5 cm³/mol. The zero-order chi connectivity index (χ0) is 14.6. The first-order valence-electron chi connectivity index (χ1n) is 5.88. The number of hydrogen-bond acceptors (Lipinski definition) is 5. The first-order chi connectivity index (χ1) is 8.77. The zero-order valence-electron chi connectivity index (χ0n) is 10.9. The van der Waals surface area contributed by atoms with Crippen molar-refractivity contribution in [3.05, 3.63) is 0 Å². The number of hydrogen-bond donors (Lipinski definition) is 1. The molecule has 0 unspecified atom stereocenters. The molecule has 19 heavy (non-hydrogen) atoms. The number of amides is 1. The number of carbonyl (C=O) groups excluding carboxylic acids is 2. The van der Waals surface area contributed by atoms with Gasteiger partial charge in [-0.25, -0.2) is 8.78 Å². The second-order valence-electron chi connectivity index (χ2n) is 4.49. The summed E-state index contributed by atoms with van der Waals surface area (Å²) in [5, 5.41) is 0. The molecule has 0 aromatic carbocycles. The number of ether oxygens (including phenoxy) is 2. The molecule has 0 saturated carbocycles. The predicted octanol–water partition coefficient (Wildman–Crippen LogP) is -0.241. The molecule has 1 aliphatic rings. The lowest BCUT2D eigenvalue weighted by molar-refractivity contribution is -0.176. The van der Waals surface area contributed by atoms with Crippen LogP contribution in [0.3, 0.4) is 0 Å². The van der Waals surface area contributed by atoms with E-state index in [0.29, 0.717) is 0 Å². The molecule has 1 saturated heterocycles. The van der Waals surface area contributed by atoms with E-state index in [9.17, 15) is 18.4 Å². The van der Waals surface area contributed by atoms with Gasteiger partial charge in [0.05, 0.1) is 6.54 Å². The number of halogens is 2. The van der Waals surface area contributed by atoms with Crippen molar-refractivity contribution in [3.8, 4) is 0 Å². The highest BCUT2D eigenvalue weighted by atomic mass is 19.3. The van der Waals surface area contributed by atoms with E-state index < -0.39 is 43.1 Å². The van der Waals surface area contributed by atoms with Gasteiger partial charge in [-0.3, -0.25) is 9.59 Å². The van der Waals surface area contributed by atoms with Gasteiger partial charge in [-0.15, -0.1) is 0 Å². The summed E-state index contributed by atoms with van der Waals surface area (Å²) < 4.78 is 36.4. The second-order valence-corrected chi connectivity index (χ2v) is 4.49. The lowest BCUT2D eigenvalue weighted by Crippen LogP contribution is -2.54. The van der Waals surface area contributed by atoms with Crippen LogP contribution in [-0.4, -0.2) is 61.7 Å². The molecule has 1 aliphatic heterocycles. The maximum absolute atomic E-state index is 13.6. The minimum Gasteiger partial charge on any atom is -0.454 e. The number of rotatable bonds is 4. The topological polar surface area (TPSA) is 81.9 Å². The quantitative estimate of drug-likeness (QED) is 0.719. The van der Waals surface area contributed by atoms with E-state index in [1.807, 2.05) is 0 Å². The van der Waals surface area contributed by atoms with E-state index >= 15 is 0 Å². The number of nitrogens with two attached hydrogens (primary N) is 1. The van der Waals surface area contributed by atoms with Crippen LogP contribution in [-0.2, 0) is 19.1 Å². The lowest BCUT2D eigenvalue weighted by atomic mass is 10.0. The fraction of sp³-hybridized carbons (Fsp3) is 0.818. The number of esters is 1. The smallest absolute Gasteiger partial charge is 0.323 e. The van der Waals surface area contributed by atoms with Crippen LogP contribution in [0.1, 0.15) is 13.3 Å². The highest BCUT2D eigenvalue weighted by molar-refractivity contribution is 5.82. The van der Waals surface area contributed by atoms with E-state index in [1.54, 1.807) is 0 Å². The van der Waals surface area contributed by atoms with Gasteiger partial charge in [0.2, 0.25) is 0 Å². The number of methoxy groups -OCH3 is 1. The van der Waals surface area contributed by atoms with Gasteiger partial charge >= 0.3 is 5.97 Å². The Morgan fingerprint density at radius 1 is 1.53 bits per heavy atom. The van der Waals surface area contributed by atoms with Crippen LogP contribution in [0, 0.1) is 0 Å². The van der Waals surface area contributed by atoms with Crippen molar-refractivity contribution in [2.45, 2.75) is 31.4 Å². The molecule has 6 nitrogen and oxygen atoms in total. The lowest BCUT2D eigenvalue weighted by Gasteiger charge is -2.37. The molecular weight excluding hydrogens is 262 g/mol. The van der Waals surface area contributed by atoms with E-state index in [1.165, 1.54) is 14.0 Å².